The van der Waals surface area contributed by atoms with Crippen LogP contribution in [0.15, 0.2) is 17.2 Å². The van der Waals surface area contributed by atoms with E-state index in [9.17, 15) is 4.79 Å². The van der Waals surface area contributed by atoms with Gasteiger partial charge in [-0.3, -0.25) is 4.79 Å². The summed E-state index contributed by atoms with van der Waals surface area (Å²) in [6.45, 7) is 7.14. The molecule has 0 amide bonds. The molecule has 0 bridgehead atoms. The van der Waals surface area contributed by atoms with E-state index in [-0.39, 0.29) is 5.56 Å². The van der Waals surface area contributed by atoms with E-state index in [1.165, 1.54) is 6.42 Å². The van der Waals surface area contributed by atoms with Gasteiger partial charge in [0.05, 0.1) is 0 Å². The summed E-state index contributed by atoms with van der Waals surface area (Å²) in [7, 11) is 0. The van der Waals surface area contributed by atoms with Gasteiger partial charge in [0.15, 0.2) is 5.82 Å². The molecular weight excluding hydrogens is 214 g/mol. The molecule has 1 aliphatic carbocycles. The molecule has 0 spiro atoms. The van der Waals surface area contributed by atoms with Gasteiger partial charge in [-0.25, -0.2) is 4.98 Å². The predicted octanol–water partition coefficient (Wildman–Crippen LogP) is 2.11. The summed E-state index contributed by atoms with van der Waals surface area (Å²) in [6.07, 6.45) is 5.80. The molecule has 1 N–H and O–H groups in total. The molecule has 1 aliphatic rings. The molecule has 2 unspecified atom stereocenters. The molecule has 1 aromatic rings. The SMILES string of the molecule is CCC1CC1Nc1nccn(CC(C)C)c1=O. The number of anilines is 1. The quantitative estimate of drug-likeness (QED) is 0.850. The first-order valence-electron chi connectivity index (χ1n) is 6.43. The Morgan fingerprint density at radius 3 is 2.94 bits per heavy atom. The van der Waals surface area contributed by atoms with Crippen molar-refractivity contribution in [3.8, 4) is 0 Å². The minimum atomic E-state index is 0.00273. The van der Waals surface area contributed by atoms with Crippen molar-refractivity contribution in [3.05, 3.63) is 22.7 Å². The third kappa shape index (κ3) is 2.87. The van der Waals surface area contributed by atoms with Gasteiger partial charge >= 0.3 is 0 Å². The molecule has 0 aromatic carbocycles. The van der Waals surface area contributed by atoms with Crippen LogP contribution in [-0.2, 0) is 6.54 Å². The summed E-state index contributed by atoms with van der Waals surface area (Å²) in [5.74, 6) is 1.69. The van der Waals surface area contributed by atoms with Gasteiger partial charge in [0, 0.05) is 25.0 Å². The van der Waals surface area contributed by atoms with E-state index in [2.05, 4.69) is 31.1 Å². The van der Waals surface area contributed by atoms with Crippen LogP contribution < -0.4 is 10.9 Å². The lowest BCUT2D eigenvalue weighted by atomic mass is 10.2. The first kappa shape index (κ1) is 12.1. The van der Waals surface area contributed by atoms with Crippen molar-refractivity contribution in [2.45, 2.75) is 46.2 Å². The van der Waals surface area contributed by atoms with Crippen molar-refractivity contribution in [1.82, 2.24) is 9.55 Å². The average Bonchev–Trinajstić information content (AvgIpc) is 3.02. The summed E-state index contributed by atoms with van der Waals surface area (Å²) < 4.78 is 1.74. The number of hydrogen-bond donors (Lipinski definition) is 1. The van der Waals surface area contributed by atoms with Crippen LogP contribution in [0.3, 0.4) is 0 Å². The fourth-order valence-electron chi connectivity index (χ4n) is 2.13. The maximum absolute atomic E-state index is 12.1. The second kappa shape index (κ2) is 4.90. The highest BCUT2D eigenvalue weighted by Crippen LogP contribution is 2.35. The molecule has 1 aromatic heterocycles. The van der Waals surface area contributed by atoms with Gasteiger partial charge in [0.2, 0.25) is 0 Å². The third-order valence-corrected chi connectivity index (χ3v) is 3.24. The van der Waals surface area contributed by atoms with Crippen LogP contribution in [-0.4, -0.2) is 15.6 Å². The van der Waals surface area contributed by atoms with E-state index in [1.807, 2.05) is 0 Å². The van der Waals surface area contributed by atoms with Gasteiger partial charge in [0.1, 0.15) is 0 Å². The summed E-state index contributed by atoms with van der Waals surface area (Å²) in [4.78, 5) is 16.3. The zero-order chi connectivity index (χ0) is 12.4. The van der Waals surface area contributed by atoms with E-state index >= 15 is 0 Å². The van der Waals surface area contributed by atoms with Gasteiger partial charge in [-0.2, -0.15) is 0 Å². The third-order valence-electron chi connectivity index (χ3n) is 3.24. The van der Waals surface area contributed by atoms with Crippen LogP contribution >= 0.6 is 0 Å². The number of aromatic nitrogens is 2. The fourth-order valence-corrected chi connectivity index (χ4v) is 2.13. The second-order valence-electron chi connectivity index (χ2n) is 5.28. The molecule has 1 fully saturated rings. The van der Waals surface area contributed by atoms with E-state index in [0.29, 0.717) is 17.8 Å². The minimum absolute atomic E-state index is 0.00273. The van der Waals surface area contributed by atoms with Gasteiger partial charge in [-0.1, -0.05) is 27.2 Å². The highest BCUT2D eigenvalue weighted by molar-refractivity contribution is 5.34. The fraction of sp³-hybridized carbons (Fsp3) is 0.692. The maximum Gasteiger partial charge on any atom is 0.293 e. The number of rotatable bonds is 5. The summed E-state index contributed by atoms with van der Waals surface area (Å²) in [5.41, 5.74) is 0.00273. The Morgan fingerprint density at radius 1 is 1.59 bits per heavy atom. The smallest absolute Gasteiger partial charge is 0.293 e. The first-order valence-corrected chi connectivity index (χ1v) is 6.43. The Balaban J connectivity index is 2.10. The molecule has 0 aliphatic heterocycles. The molecule has 4 heteroatoms. The molecule has 4 nitrogen and oxygen atoms in total. The second-order valence-corrected chi connectivity index (χ2v) is 5.28. The number of nitrogens with one attached hydrogen (secondary N) is 1. The van der Waals surface area contributed by atoms with Crippen LogP contribution in [0.2, 0.25) is 0 Å². The van der Waals surface area contributed by atoms with E-state index in [0.717, 1.165) is 18.9 Å². The van der Waals surface area contributed by atoms with Crippen LogP contribution in [0, 0.1) is 11.8 Å². The Kier molecular flexibility index (Phi) is 3.50. The number of nitrogens with zero attached hydrogens (tertiary/aromatic N) is 2. The van der Waals surface area contributed by atoms with Crippen molar-refractivity contribution < 1.29 is 0 Å². The molecule has 17 heavy (non-hydrogen) atoms. The predicted molar refractivity (Wildman–Crippen MR) is 69.1 cm³/mol. The monoisotopic (exact) mass is 235 g/mol. The summed E-state index contributed by atoms with van der Waals surface area (Å²) in [5, 5.41) is 3.25. The molecule has 2 atom stereocenters. The Labute approximate surface area is 102 Å². The van der Waals surface area contributed by atoms with Crippen molar-refractivity contribution in [2.24, 2.45) is 11.8 Å². The lowest BCUT2D eigenvalue weighted by molar-refractivity contribution is 0.509. The van der Waals surface area contributed by atoms with Gasteiger partial charge < -0.3 is 9.88 Å². The minimum Gasteiger partial charge on any atom is -0.362 e. The van der Waals surface area contributed by atoms with Gasteiger partial charge in [0.25, 0.3) is 5.56 Å². The lowest BCUT2D eigenvalue weighted by Crippen LogP contribution is -2.26. The highest BCUT2D eigenvalue weighted by atomic mass is 16.1. The molecule has 0 saturated heterocycles. The Hall–Kier alpha value is -1.32. The Morgan fingerprint density at radius 2 is 2.35 bits per heavy atom. The zero-order valence-corrected chi connectivity index (χ0v) is 10.8. The zero-order valence-electron chi connectivity index (χ0n) is 10.8. The topological polar surface area (TPSA) is 46.9 Å². The first-order chi connectivity index (χ1) is 8.11. The van der Waals surface area contributed by atoms with E-state index in [1.54, 1.807) is 17.0 Å². The van der Waals surface area contributed by atoms with Crippen molar-refractivity contribution in [3.63, 3.8) is 0 Å². The van der Waals surface area contributed by atoms with E-state index < -0.39 is 0 Å². The lowest BCUT2D eigenvalue weighted by Gasteiger charge is -2.10. The normalized spacial score (nSPS) is 22.8. The van der Waals surface area contributed by atoms with Gasteiger partial charge in [-0.15, -0.1) is 0 Å². The molecule has 0 radical (unpaired) electrons. The van der Waals surface area contributed by atoms with E-state index in [4.69, 9.17) is 0 Å². The number of hydrogen-bond acceptors (Lipinski definition) is 3. The molecular formula is C13H21N3O. The van der Waals surface area contributed by atoms with Crippen molar-refractivity contribution in [2.75, 3.05) is 5.32 Å². The molecule has 94 valence electrons. The average molecular weight is 235 g/mol. The largest absolute Gasteiger partial charge is 0.362 e. The molecule has 2 rings (SSSR count). The van der Waals surface area contributed by atoms with Crippen LogP contribution in [0.5, 0.6) is 0 Å². The maximum atomic E-state index is 12.1. The highest BCUT2D eigenvalue weighted by Gasteiger charge is 2.35. The van der Waals surface area contributed by atoms with Crippen LogP contribution in [0.1, 0.15) is 33.6 Å². The van der Waals surface area contributed by atoms with Gasteiger partial charge in [-0.05, 0) is 18.3 Å². The van der Waals surface area contributed by atoms with Crippen molar-refractivity contribution >= 4 is 5.82 Å². The standard InChI is InChI=1S/C13H21N3O/c1-4-10-7-11(10)15-12-13(17)16(6-5-14-12)8-9(2)3/h5-6,9-11H,4,7-8H2,1-3H3,(H,14,15). The summed E-state index contributed by atoms with van der Waals surface area (Å²) in [6, 6.07) is 0.454. The molecule has 1 heterocycles. The molecule has 1 saturated carbocycles. The summed E-state index contributed by atoms with van der Waals surface area (Å²) >= 11 is 0. The van der Waals surface area contributed by atoms with Crippen molar-refractivity contribution in [1.29, 1.82) is 0 Å². The Bertz CT molecular complexity index is 439. The van der Waals surface area contributed by atoms with Crippen LogP contribution in [0.25, 0.3) is 0 Å². The van der Waals surface area contributed by atoms with Crippen LogP contribution in [0.4, 0.5) is 5.82 Å².